The Hall–Kier alpha value is 0.519. The Kier molecular flexibility index (Phi) is 16.0. The molecule has 0 aliphatic rings. The van der Waals surface area contributed by atoms with Gasteiger partial charge in [0, 0.05) is 0 Å². The van der Waals surface area contributed by atoms with Gasteiger partial charge >= 0.3 is 92.0 Å². The Morgan fingerprint density at radius 1 is 0.500 bits per heavy atom. The van der Waals surface area contributed by atoms with Gasteiger partial charge in [-0.05, 0) is 0 Å². The van der Waals surface area contributed by atoms with Gasteiger partial charge in [0.2, 0.25) is 0 Å². The van der Waals surface area contributed by atoms with E-state index in [0.29, 0.717) is 0 Å². The van der Waals surface area contributed by atoms with Crippen molar-refractivity contribution in [3.8, 4) is 0 Å². The minimum absolute atomic E-state index is 0.935. The van der Waals surface area contributed by atoms with E-state index in [2.05, 4.69) is 6.92 Å². The molecule has 0 atom stereocenters. The number of rotatable bonds is 13. The van der Waals surface area contributed by atoms with E-state index in [1.807, 2.05) is 0 Å². The molecule has 0 N–H and O–H groups in total. The summed E-state index contributed by atoms with van der Waals surface area (Å²) < 4.78 is 0. The maximum atomic E-state index is 5.06. The van der Waals surface area contributed by atoms with Gasteiger partial charge in [0.1, 0.15) is 0 Å². The van der Waals surface area contributed by atoms with Gasteiger partial charge in [0.15, 0.2) is 0 Å². The van der Waals surface area contributed by atoms with Crippen LogP contribution in [0, 0.1) is 0 Å². The van der Waals surface area contributed by atoms with E-state index in [1.165, 1.54) is 83.5 Å². The van der Waals surface area contributed by atoms with Gasteiger partial charge in [-0.2, -0.15) is 0 Å². The molecule has 0 unspecified atom stereocenters. The molecule has 0 aliphatic heterocycles. The summed E-state index contributed by atoms with van der Waals surface area (Å²) in [6, 6.07) is 0. The zero-order chi connectivity index (χ0) is 11.9. The quantitative estimate of drug-likeness (QED) is 0.284. The molecule has 0 rings (SSSR count). The monoisotopic (exact) mass is 274 g/mol. The van der Waals surface area contributed by atoms with E-state index < -0.39 is 0 Å². The van der Waals surface area contributed by atoms with E-state index in [4.69, 9.17) is 16.0 Å². The van der Waals surface area contributed by atoms with E-state index in [-0.39, 0.29) is 0 Å². The Labute approximate surface area is 112 Å². The van der Waals surface area contributed by atoms with Crippen molar-refractivity contribution in [1.82, 2.24) is 0 Å². The van der Waals surface area contributed by atoms with Crippen LogP contribution in [-0.2, 0) is 16.0 Å². The molecular weight excluding hydrogens is 244 g/mol. The van der Waals surface area contributed by atoms with Crippen molar-refractivity contribution in [2.75, 3.05) is 0 Å². The molecule has 0 aromatic heterocycles. The van der Waals surface area contributed by atoms with Gasteiger partial charge < -0.3 is 0 Å². The van der Waals surface area contributed by atoms with Gasteiger partial charge in [0.25, 0.3) is 0 Å². The van der Waals surface area contributed by atoms with Crippen molar-refractivity contribution >= 4 is 0 Å². The fourth-order valence-corrected chi connectivity index (χ4v) is 2.33. The molecule has 0 bridgehead atoms. The van der Waals surface area contributed by atoms with Gasteiger partial charge in [-0.1, -0.05) is 19.8 Å². The molecule has 0 aromatic rings. The van der Waals surface area contributed by atoms with Crippen LogP contribution in [0.15, 0.2) is 0 Å². The molecular formula is C15H31Cu. The molecule has 0 aromatic carbocycles. The first-order valence-corrected chi connectivity index (χ1v) is 8.09. The van der Waals surface area contributed by atoms with E-state index in [0.717, 1.165) is 5.32 Å². The third-order valence-electron chi connectivity index (χ3n) is 3.21. The first-order valence-electron chi connectivity index (χ1n) is 7.42. The molecule has 102 valence electrons. The van der Waals surface area contributed by atoms with Crippen LogP contribution in [0.5, 0.6) is 0 Å². The van der Waals surface area contributed by atoms with Crippen molar-refractivity contribution in [1.29, 1.82) is 0 Å². The van der Waals surface area contributed by atoms with Crippen LogP contribution in [0.4, 0.5) is 0 Å². The van der Waals surface area contributed by atoms with E-state index in [1.54, 1.807) is 0 Å². The average molecular weight is 275 g/mol. The van der Waals surface area contributed by atoms with E-state index in [9.17, 15) is 0 Å². The van der Waals surface area contributed by atoms with Crippen LogP contribution < -0.4 is 0 Å². The topological polar surface area (TPSA) is 0 Å². The van der Waals surface area contributed by atoms with Crippen LogP contribution in [0.3, 0.4) is 0 Å². The summed E-state index contributed by atoms with van der Waals surface area (Å²) in [5.74, 6) is 0. The number of hydrogen-bond donors (Lipinski definition) is 0. The second kappa shape index (κ2) is 15.5. The Morgan fingerprint density at radius 3 is 1.12 bits per heavy atom. The number of unbranched alkanes of at least 4 members (excludes halogenated alkanes) is 12. The molecule has 0 radical (unpaired) electrons. The first-order chi connectivity index (χ1) is 7.91. The fourth-order valence-electron chi connectivity index (χ4n) is 2.09. The zero-order valence-corrected chi connectivity index (χ0v) is 12.1. The molecule has 0 spiro atoms. The normalized spacial score (nSPS) is 10.9. The Morgan fingerprint density at radius 2 is 0.812 bits per heavy atom. The molecule has 0 heterocycles. The van der Waals surface area contributed by atoms with Crippen LogP contribution in [-0.4, -0.2) is 0 Å². The standard InChI is InChI=1S/C15H31.Cu/c1-3-5-7-9-11-13-15-14-12-10-8-6-4-2;/h1,3-15H2,2H3;. The second-order valence-electron chi connectivity index (χ2n) is 4.89. The summed E-state index contributed by atoms with van der Waals surface area (Å²) in [5, 5.41) is 0.935. The van der Waals surface area contributed by atoms with E-state index >= 15 is 0 Å². The SMILES string of the molecule is CCCCCCCCCCCCCC[CH2][Cu]. The molecule has 0 nitrogen and oxygen atoms in total. The molecule has 16 heavy (non-hydrogen) atoms. The predicted octanol–water partition coefficient (Wildman–Crippen LogP) is 6.04. The number of hydrogen-bond acceptors (Lipinski definition) is 0. The fraction of sp³-hybridized carbons (Fsp3) is 1.00. The summed E-state index contributed by atoms with van der Waals surface area (Å²) in [7, 11) is 0. The van der Waals surface area contributed by atoms with Gasteiger partial charge in [-0.15, -0.1) is 0 Å². The predicted molar refractivity (Wildman–Crippen MR) is 70.5 cm³/mol. The van der Waals surface area contributed by atoms with Crippen molar-refractivity contribution in [2.45, 2.75) is 95.7 Å². The summed E-state index contributed by atoms with van der Waals surface area (Å²) in [6.45, 7) is 2.28. The summed E-state index contributed by atoms with van der Waals surface area (Å²) in [6.07, 6.45) is 18.5. The van der Waals surface area contributed by atoms with Gasteiger partial charge in [0.05, 0.1) is 0 Å². The first kappa shape index (κ1) is 16.5. The molecule has 1 heteroatoms. The van der Waals surface area contributed by atoms with Gasteiger partial charge in [-0.25, -0.2) is 0 Å². The molecule has 0 amide bonds. The van der Waals surface area contributed by atoms with Crippen LogP contribution in [0.2, 0.25) is 5.32 Å². The molecule has 0 saturated heterocycles. The van der Waals surface area contributed by atoms with Crippen molar-refractivity contribution < 1.29 is 16.0 Å². The summed E-state index contributed by atoms with van der Waals surface area (Å²) in [5.41, 5.74) is 0. The summed E-state index contributed by atoms with van der Waals surface area (Å²) in [4.78, 5) is 0. The van der Waals surface area contributed by atoms with Crippen LogP contribution in [0.25, 0.3) is 0 Å². The van der Waals surface area contributed by atoms with Crippen molar-refractivity contribution in [3.05, 3.63) is 0 Å². The van der Waals surface area contributed by atoms with Gasteiger partial charge in [-0.3, -0.25) is 0 Å². The van der Waals surface area contributed by atoms with Crippen molar-refractivity contribution in [2.24, 2.45) is 0 Å². The molecule has 0 fully saturated rings. The second-order valence-corrected chi connectivity index (χ2v) is 5.36. The Balaban J connectivity index is 2.83. The zero-order valence-electron chi connectivity index (χ0n) is 11.2. The maximum absolute atomic E-state index is 5.06. The average Bonchev–Trinajstić information content (AvgIpc) is 2.31. The van der Waals surface area contributed by atoms with Crippen molar-refractivity contribution in [3.63, 3.8) is 0 Å². The molecule has 0 saturated carbocycles. The third-order valence-corrected chi connectivity index (χ3v) is 3.54. The van der Waals surface area contributed by atoms with Crippen LogP contribution in [0.1, 0.15) is 90.4 Å². The minimum atomic E-state index is 0.935. The third kappa shape index (κ3) is 14.5. The summed E-state index contributed by atoms with van der Waals surface area (Å²) >= 11 is 5.06. The Bertz CT molecular complexity index is 98.0. The van der Waals surface area contributed by atoms with Crippen LogP contribution >= 0.6 is 0 Å². The molecule has 0 aliphatic carbocycles.